The zero-order chi connectivity index (χ0) is 14.1. The number of amides is 1. The average Bonchev–Trinajstić information content (AvgIpc) is 2.43. The van der Waals surface area contributed by atoms with E-state index in [1.807, 2.05) is 19.1 Å². The second-order valence-corrected chi connectivity index (χ2v) is 4.60. The van der Waals surface area contributed by atoms with Crippen molar-refractivity contribution in [1.82, 2.24) is 0 Å². The van der Waals surface area contributed by atoms with Gasteiger partial charge in [0, 0.05) is 11.8 Å². The number of carbonyl (C=O) groups excluding carboxylic acids is 1. The summed E-state index contributed by atoms with van der Waals surface area (Å²) in [6.07, 6.45) is 1.86. The van der Waals surface area contributed by atoms with Gasteiger partial charge in [-0.3, -0.25) is 4.79 Å². The van der Waals surface area contributed by atoms with Gasteiger partial charge in [-0.1, -0.05) is 29.8 Å². The highest BCUT2D eigenvalue weighted by molar-refractivity contribution is 9.09. The van der Waals surface area contributed by atoms with Gasteiger partial charge in [0.25, 0.3) is 0 Å². The van der Waals surface area contributed by atoms with Crippen molar-refractivity contribution in [2.75, 3.05) is 23.9 Å². The summed E-state index contributed by atoms with van der Waals surface area (Å²) in [5.41, 5.74) is 0.708. The number of benzene rings is 1. The predicted octanol–water partition coefficient (Wildman–Crippen LogP) is 3.60. The van der Waals surface area contributed by atoms with E-state index in [0.29, 0.717) is 30.4 Å². The van der Waals surface area contributed by atoms with Gasteiger partial charge < -0.3 is 14.8 Å². The van der Waals surface area contributed by atoms with E-state index in [1.165, 1.54) is 0 Å². The first kappa shape index (κ1) is 15.8. The molecule has 5 heteroatoms. The molecule has 4 nitrogen and oxygen atoms in total. The first-order valence-electron chi connectivity index (χ1n) is 6.46. The summed E-state index contributed by atoms with van der Waals surface area (Å²) in [6, 6.07) is 5.43. The Kier molecular flexibility index (Phi) is 7.33. The Balaban J connectivity index is 2.83. The lowest BCUT2D eigenvalue weighted by molar-refractivity contribution is -0.113. The van der Waals surface area contributed by atoms with Gasteiger partial charge in [0.05, 0.1) is 18.5 Å². The SMILES string of the molecule is CCCOc1ccc(NC(=O)CBr)cc1OCCC. The number of alkyl halides is 1. The minimum atomic E-state index is -0.0938. The average molecular weight is 330 g/mol. The van der Waals surface area contributed by atoms with Crippen molar-refractivity contribution in [2.24, 2.45) is 0 Å². The standard InChI is InChI=1S/C14H20BrNO3/c1-3-7-18-12-6-5-11(16-14(17)10-15)9-13(12)19-8-4-2/h5-6,9H,3-4,7-8,10H2,1-2H3,(H,16,17). The van der Waals surface area contributed by atoms with Crippen molar-refractivity contribution in [3.05, 3.63) is 18.2 Å². The van der Waals surface area contributed by atoms with Gasteiger partial charge in [-0.2, -0.15) is 0 Å². The first-order valence-corrected chi connectivity index (χ1v) is 7.58. The zero-order valence-electron chi connectivity index (χ0n) is 11.4. The van der Waals surface area contributed by atoms with Crippen LogP contribution in [0.2, 0.25) is 0 Å². The minimum absolute atomic E-state index is 0.0938. The maximum atomic E-state index is 11.3. The summed E-state index contributed by atoms with van der Waals surface area (Å²) in [6.45, 7) is 5.37. The minimum Gasteiger partial charge on any atom is -0.490 e. The molecular weight excluding hydrogens is 310 g/mol. The highest BCUT2D eigenvalue weighted by atomic mass is 79.9. The Hall–Kier alpha value is -1.23. The maximum Gasteiger partial charge on any atom is 0.235 e. The Morgan fingerprint density at radius 3 is 2.37 bits per heavy atom. The second-order valence-electron chi connectivity index (χ2n) is 4.04. The molecule has 0 radical (unpaired) electrons. The van der Waals surface area contributed by atoms with Crippen molar-refractivity contribution in [3.8, 4) is 11.5 Å². The van der Waals surface area contributed by atoms with Gasteiger partial charge in [-0.15, -0.1) is 0 Å². The molecule has 106 valence electrons. The lowest BCUT2D eigenvalue weighted by Gasteiger charge is -2.13. The first-order chi connectivity index (χ1) is 9.21. The van der Waals surface area contributed by atoms with Crippen LogP contribution >= 0.6 is 15.9 Å². The molecule has 0 atom stereocenters. The van der Waals surface area contributed by atoms with E-state index in [1.54, 1.807) is 6.07 Å². The van der Waals surface area contributed by atoms with Gasteiger partial charge in [0.2, 0.25) is 5.91 Å². The van der Waals surface area contributed by atoms with Crippen molar-refractivity contribution in [1.29, 1.82) is 0 Å². The number of hydrogen-bond acceptors (Lipinski definition) is 3. The fraction of sp³-hybridized carbons (Fsp3) is 0.500. The molecule has 0 aliphatic carbocycles. The molecule has 1 aromatic carbocycles. The van der Waals surface area contributed by atoms with Crippen LogP contribution in [0, 0.1) is 0 Å². The number of ether oxygens (including phenoxy) is 2. The smallest absolute Gasteiger partial charge is 0.235 e. The van der Waals surface area contributed by atoms with Crippen LogP contribution in [0.5, 0.6) is 11.5 Å². The zero-order valence-corrected chi connectivity index (χ0v) is 13.0. The molecule has 0 aliphatic rings. The third-order valence-electron chi connectivity index (χ3n) is 2.27. The Bertz CT molecular complexity index is 410. The highest BCUT2D eigenvalue weighted by Gasteiger charge is 2.08. The Labute approximate surface area is 122 Å². The third kappa shape index (κ3) is 5.51. The van der Waals surface area contributed by atoms with E-state index in [2.05, 4.69) is 28.2 Å². The van der Waals surface area contributed by atoms with Crippen LogP contribution in [-0.2, 0) is 4.79 Å². The van der Waals surface area contributed by atoms with Gasteiger partial charge in [0.1, 0.15) is 0 Å². The fourth-order valence-corrected chi connectivity index (χ4v) is 1.58. The summed E-state index contributed by atoms with van der Waals surface area (Å²) in [5.74, 6) is 1.29. The van der Waals surface area contributed by atoms with Crippen LogP contribution in [0.15, 0.2) is 18.2 Å². The van der Waals surface area contributed by atoms with Gasteiger partial charge in [-0.25, -0.2) is 0 Å². The Morgan fingerprint density at radius 1 is 1.16 bits per heavy atom. The van der Waals surface area contributed by atoms with Crippen LogP contribution in [0.1, 0.15) is 26.7 Å². The topological polar surface area (TPSA) is 47.6 Å². The third-order valence-corrected chi connectivity index (χ3v) is 2.78. The molecule has 0 aromatic heterocycles. The van der Waals surface area contributed by atoms with E-state index in [4.69, 9.17) is 9.47 Å². The second kappa shape index (κ2) is 8.80. The van der Waals surface area contributed by atoms with Crippen molar-refractivity contribution >= 4 is 27.5 Å². The number of hydrogen-bond donors (Lipinski definition) is 1. The van der Waals surface area contributed by atoms with E-state index >= 15 is 0 Å². The molecule has 0 fully saturated rings. The van der Waals surface area contributed by atoms with Crippen molar-refractivity contribution in [3.63, 3.8) is 0 Å². The molecule has 0 unspecified atom stereocenters. The quantitative estimate of drug-likeness (QED) is 0.741. The largest absolute Gasteiger partial charge is 0.490 e. The molecule has 19 heavy (non-hydrogen) atoms. The summed E-state index contributed by atoms with van der Waals surface area (Å²) in [4.78, 5) is 11.3. The van der Waals surface area contributed by atoms with Crippen LogP contribution < -0.4 is 14.8 Å². The fourth-order valence-electron chi connectivity index (χ4n) is 1.44. The lowest BCUT2D eigenvalue weighted by Crippen LogP contribution is -2.12. The van der Waals surface area contributed by atoms with Crippen molar-refractivity contribution in [2.45, 2.75) is 26.7 Å². The lowest BCUT2D eigenvalue weighted by atomic mass is 10.2. The molecule has 0 aliphatic heterocycles. The summed E-state index contributed by atoms with van der Waals surface area (Å²) < 4.78 is 11.3. The monoisotopic (exact) mass is 329 g/mol. The summed E-state index contributed by atoms with van der Waals surface area (Å²) in [7, 11) is 0. The molecule has 1 rings (SSSR count). The maximum absolute atomic E-state index is 11.3. The summed E-state index contributed by atoms with van der Waals surface area (Å²) >= 11 is 3.11. The molecule has 0 spiro atoms. The molecule has 0 saturated heterocycles. The molecule has 1 amide bonds. The number of halogens is 1. The number of carbonyl (C=O) groups is 1. The molecule has 0 bridgehead atoms. The van der Waals surface area contributed by atoms with E-state index in [0.717, 1.165) is 12.8 Å². The van der Waals surface area contributed by atoms with E-state index in [-0.39, 0.29) is 11.2 Å². The van der Waals surface area contributed by atoms with Gasteiger partial charge in [0.15, 0.2) is 11.5 Å². The molecular formula is C14H20BrNO3. The number of rotatable bonds is 8. The molecule has 1 aromatic rings. The number of nitrogens with one attached hydrogen (secondary N) is 1. The van der Waals surface area contributed by atoms with Crippen LogP contribution in [0.25, 0.3) is 0 Å². The van der Waals surface area contributed by atoms with Gasteiger partial charge in [-0.05, 0) is 25.0 Å². The van der Waals surface area contributed by atoms with Crippen LogP contribution in [0.4, 0.5) is 5.69 Å². The summed E-state index contributed by atoms with van der Waals surface area (Å²) in [5, 5.41) is 3.04. The van der Waals surface area contributed by atoms with E-state index < -0.39 is 0 Å². The van der Waals surface area contributed by atoms with Crippen molar-refractivity contribution < 1.29 is 14.3 Å². The normalized spacial score (nSPS) is 10.1. The number of anilines is 1. The highest BCUT2D eigenvalue weighted by Crippen LogP contribution is 2.30. The van der Waals surface area contributed by atoms with E-state index in [9.17, 15) is 4.79 Å². The predicted molar refractivity (Wildman–Crippen MR) is 80.4 cm³/mol. The molecule has 0 saturated carbocycles. The van der Waals surface area contributed by atoms with Crippen LogP contribution in [0.3, 0.4) is 0 Å². The Morgan fingerprint density at radius 2 is 1.79 bits per heavy atom. The molecule has 0 heterocycles. The van der Waals surface area contributed by atoms with Crippen LogP contribution in [-0.4, -0.2) is 24.5 Å². The molecule has 1 N–H and O–H groups in total. The van der Waals surface area contributed by atoms with Gasteiger partial charge >= 0.3 is 0 Å².